The number of nitrogens with one attached hydrogen (secondary N) is 1. The van der Waals surface area contributed by atoms with Gasteiger partial charge in [-0.25, -0.2) is 5.21 Å². The fourth-order valence-electron chi connectivity index (χ4n) is 1.46. The molecule has 1 unspecified atom stereocenters. The number of aromatic nitrogens is 1. The molecule has 0 fully saturated rings. The first kappa shape index (κ1) is 11.4. The van der Waals surface area contributed by atoms with Crippen molar-refractivity contribution in [2.24, 2.45) is 0 Å². The lowest BCUT2D eigenvalue weighted by atomic mass is 10.0. The summed E-state index contributed by atoms with van der Waals surface area (Å²) in [5.41, 5.74) is 0.948. The molecule has 5 nitrogen and oxygen atoms in total. The molecule has 1 aromatic carbocycles. The zero-order chi connectivity index (χ0) is 12.3. The van der Waals surface area contributed by atoms with Gasteiger partial charge in [-0.2, -0.15) is 5.23 Å². The summed E-state index contributed by atoms with van der Waals surface area (Å²) in [4.78, 5) is 15.8. The maximum Gasteiger partial charge on any atom is 0.193 e. The van der Waals surface area contributed by atoms with Gasteiger partial charge in [0.15, 0.2) is 11.5 Å². The second kappa shape index (κ2) is 4.84. The van der Waals surface area contributed by atoms with E-state index in [4.69, 9.17) is 5.21 Å². The molecule has 0 aliphatic heterocycles. The SMILES string of the molecule is O=C(c1ccncc1)c1cccc([NH+]([O-])O)c1. The summed E-state index contributed by atoms with van der Waals surface area (Å²) in [6.45, 7) is 0. The summed E-state index contributed by atoms with van der Waals surface area (Å²) in [6.07, 6.45) is 3.04. The molecule has 2 aromatic rings. The van der Waals surface area contributed by atoms with Crippen LogP contribution in [0.2, 0.25) is 0 Å². The first-order valence-corrected chi connectivity index (χ1v) is 4.96. The number of carbonyl (C=O) groups excluding carboxylic acids is 1. The van der Waals surface area contributed by atoms with Crippen LogP contribution >= 0.6 is 0 Å². The van der Waals surface area contributed by atoms with Crippen LogP contribution in [0.3, 0.4) is 0 Å². The van der Waals surface area contributed by atoms with Gasteiger partial charge in [-0.15, -0.1) is 0 Å². The number of rotatable bonds is 3. The molecule has 0 saturated carbocycles. The highest BCUT2D eigenvalue weighted by molar-refractivity contribution is 6.09. The average molecular weight is 230 g/mol. The molecule has 0 spiro atoms. The third-order valence-corrected chi connectivity index (χ3v) is 2.31. The van der Waals surface area contributed by atoms with Crippen LogP contribution in [0, 0.1) is 5.21 Å². The van der Waals surface area contributed by atoms with E-state index in [9.17, 15) is 10.0 Å². The van der Waals surface area contributed by atoms with Crippen LogP contribution in [0.25, 0.3) is 0 Å². The molecule has 2 N–H and O–H groups in total. The lowest BCUT2D eigenvalue weighted by molar-refractivity contribution is -0.991. The van der Waals surface area contributed by atoms with Crippen LogP contribution < -0.4 is 5.23 Å². The Labute approximate surface area is 97.5 Å². The smallest absolute Gasteiger partial charge is 0.193 e. The van der Waals surface area contributed by atoms with Gasteiger partial charge in [-0.05, 0) is 12.1 Å². The number of nitrogens with zero attached hydrogens (tertiary/aromatic N) is 1. The van der Waals surface area contributed by atoms with E-state index in [1.807, 2.05) is 0 Å². The van der Waals surface area contributed by atoms with Gasteiger partial charge in [-0.3, -0.25) is 9.78 Å². The van der Waals surface area contributed by atoms with Gasteiger partial charge in [0.05, 0.1) is 0 Å². The first-order chi connectivity index (χ1) is 8.18. The third-order valence-electron chi connectivity index (χ3n) is 2.31. The summed E-state index contributed by atoms with van der Waals surface area (Å²) in [6, 6.07) is 9.15. The van der Waals surface area contributed by atoms with E-state index in [1.54, 1.807) is 24.3 Å². The van der Waals surface area contributed by atoms with Crippen LogP contribution in [0.15, 0.2) is 48.8 Å². The molecule has 0 bridgehead atoms. The Kier molecular flexibility index (Phi) is 3.24. The normalized spacial score (nSPS) is 12.1. The fraction of sp³-hybridized carbons (Fsp3) is 0. The van der Waals surface area contributed by atoms with E-state index in [2.05, 4.69) is 4.98 Å². The van der Waals surface area contributed by atoms with E-state index in [0.29, 0.717) is 11.1 Å². The van der Waals surface area contributed by atoms with Crippen LogP contribution in [-0.2, 0) is 0 Å². The largest absolute Gasteiger partial charge is 0.595 e. The monoisotopic (exact) mass is 230 g/mol. The number of carbonyl (C=O) groups is 1. The van der Waals surface area contributed by atoms with Crippen molar-refractivity contribution in [2.75, 3.05) is 0 Å². The molecule has 0 saturated heterocycles. The second-order valence-electron chi connectivity index (χ2n) is 3.45. The van der Waals surface area contributed by atoms with Gasteiger partial charge in [0.25, 0.3) is 0 Å². The predicted molar refractivity (Wildman–Crippen MR) is 59.9 cm³/mol. The Morgan fingerprint density at radius 1 is 1.18 bits per heavy atom. The molecule has 2 rings (SSSR count). The van der Waals surface area contributed by atoms with Crippen molar-refractivity contribution in [2.45, 2.75) is 0 Å². The lowest BCUT2D eigenvalue weighted by Crippen LogP contribution is -2.99. The van der Waals surface area contributed by atoms with Gasteiger partial charge < -0.3 is 5.21 Å². The predicted octanol–water partition coefficient (Wildman–Crippen LogP) is 0.716. The minimum Gasteiger partial charge on any atom is -0.595 e. The summed E-state index contributed by atoms with van der Waals surface area (Å²) in [5, 5.41) is 18.6. The summed E-state index contributed by atoms with van der Waals surface area (Å²) in [7, 11) is 0. The van der Waals surface area contributed by atoms with E-state index < -0.39 is 5.23 Å². The van der Waals surface area contributed by atoms with E-state index in [1.165, 1.54) is 24.5 Å². The van der Waals surface area contributed by atoms with Crippen molar-refractivity contribution in [3.63, 3.8) is 0 Å². The molecular formula is C12H10N2O3. The van der Waals surface area contributed by atoms with Crippen LogP contribution in [0.5, 0.6) is 0 Å². The fourth-order valence-corrected chi connectivity index (χ4v) is 1.46. The summed E-state index contributed by atoms with van der Waals surface area (Å²) < 4.78 is 0. The minimum atomic E-state index is -1.05. The summed E-state index contributed by atoms with van der Waals surface area (Å²) in [5.74, 6) is -0.212. The molecular weight excluding hydrogens is 220 g/mol. The average Bonchev–Trinajstić information content (AvgIpc) is 2.39. The highest BCUT2D eigenvalue weighted by atomic mass is 16.8. The molecule has 0 aliphatic carbocycles. The van der Waals surface area contributed by atoms with Gasteiger partial charge in [0, 0.05) is 35.7 Å². The topological polar surface area (TPSA) is 77.7 Å². The van der Waals surface area contributed by atoms with Crippen LogP contribution in [0.4, 0.5) is 5.69 Å². The Balaban J connectivity index is 2.35. The maximum atomic E-state index is 12.0. The van der Waals surface area contributed by atoms with Crippen molar-refractivity contribution in [1.82, 2.24) is 4.98 Å². The van der Waals surface area contributed by atoms with Gasteiger partial charge in [-0.1, -0.05) is 12.1 Å². The molecule has 17 heavy (non-hydrogen) atoms. The zero-order valence-electron chi connectivity index (χ0n) is 8.83. The summed E-state index contributed by atoms with van der Waals surface area (Å²) >= 11 is 0. The number of benzene rings is 1. The minimum absolute atomic E-state index is 0.102. The van der Waals surface area contributed by atoms with Gasteiger partial charge in [0.1, 0.15) is 0 Å². The number of hydrogen-bond acceptors (Lipinski definition) is 4. The van der Waals surface area contributed by atoms with Crippen molar-refractivity contribution in [3.8, 4) is 0 Å². The third kappa shape index (κ3) is 2.54. The Morgan fingerprint density at radius 3 is 2.53 bits per heavy atom. The first-order valence-electron chi connectivity index (χ1n) is 4.96. The van der Waals surface area contributed by atoms with Gasteiger partial charge in [0.2, 0.25) is 0 Å². The molecule has 86 valence electrons. The van der Waals surface area contributed by atoms with E-state index >= 15 is 0 Å². The van der Waals surface area contributed by atoms with Crippen molar-refractivity contribution < 1.29 is 15.2 Å². The highest BCUT2D eigenvalue weighted by Crippen LogP contribution is 2.11. The highest BCUT2D eigenvalue weighted by Gasteiger charge is 2.10. The molecule has 0 radical (unpaired) electrons. The van der Waals surface area contributed by atoms with Crippen LogP contribution in [0.1, 0.15) is 15.9 Å². The number of quaternary nitrogens is 1. The molecule has 1 heterocycles. The quantitative estimate of drug-likeness (QED) is 0.601. The standard InChI is InChI=1S/C12H10N2O3/c15-12(9-4-6-13-7-5-9)10-2-1-3-11(8-10)14(16)17/h1-8,14,16H. The van der Waals surface area contributed by atoms with Crippen molar-refractivity contribution in [3.05, 3.63) is 65.1 Å². The number of pyridine rings is 1. The van der Waals surface area contributed by atoms with Crippen molar-refractivity contribution >= 4 is 11.5 Å². The Morgan fingerprint density at radius 2 is 1.88 bits per heavy atom. The molecule has 1 atom stereocenters. The van der Waals surface area contributed by atoms with E-state index in [0.717, 1.165) is 0 Å². The molecule has 0 amide bonds. The molecule has 0 aliphatic rings. The Hall–Kier alpha value is -2.08. The van der Waals surface area contributed by atoms with Gasteiger partial charge >= 0.3 is 0 Å². The lowest BCUT2D eigenvalue weighted by Gasteiger charge is -2.11. The zero-order valence-corrected chi connectivity index (χ0v) is 8.83. The van der Waals surface area contributed by atoms with E-state index in [-0.39, 0.29) is 11.5 Å². The second-order valence-corrected chi connectivity index (χ2v) is 3.45. The number of ketones is 1. The molecule has 5 heteroatoms. The van der Waals surface area contributed by atoms with Crippen LogP contribution in [-0.4, -0.2) is 16.0 Å². The number of hydrogen-bond donors (Lipinski definition) is 2. The Bertz CT molecular complexity index is 526. The van der Waals surface area contributed by atoms with Crippen molar-refractivity contribution in [1.29, 1.82) is 0 Å². The maximum absolute atomic E-state index is 12.0. The molecule has 1 aromatic heterocycles.